The Hall–Kier alpha value is -3.10. The Morgan fingerprint density at radius 1 is 0.844 bits per heavy atom. The van der Waals surface area contributed by atoms with Crippen LogP contribution < -0.4 is 10.6 Å². The summed E-state index contributed by atoms with van der Waals surface area (Å²) in [5.41, 5.74) is 4.31. The molecule has 0 aliphatic carbocycles. The van der Waals surface area contributed by atoms with Gasteiger partial charge in [0.15, 0.2) is 15.0 Å². The molecule has 1 saturated heterocycles. The van der Waals surface area contributed by atoms with E-state index < -0.39 is 9.84 Å². The van der Waals surface area contributed by atoms with E-state index in [0.717, 1.165) is 27.7 Å². The molecule has 2 unspecified atom stereocenters. The lowest BCUT2D eigenvalue weighted by atomic mass is 10.1. The lowest BCUT2D eigenvalue weighted by Gasteiger charge is -2.09. The maximum atomic E-state index is 12.6. The molecule has 3 aromatic rings. The van der Waals surface area contributed by atoms with Crippen molar-refractivity contribution in [3.63, 3.8) is 0 Å². The lowest BCUT2D eigenvalue weighted by molar-refractivity contribution is 0.102. The fraction of sp³-hybridized carbons (Fsp3) is 0.167. The van der Waals surface area contributed by atoms with Gasteiger partial charge in [-0.15, -0.1) is 0 Å². The van der Waals surface area contributed by atoms with Crippen LogP contribution in [0.25, 0.3) is 11.1 Å². The predicted molar refractivity (Wildman–Crippen MR) is 131 cm³/mol. The summed E-state index contributed by atoms with van der Waals surface area (Å²) in [6.45, 7) is 0. The number of benzene rings is 3. The van der Waals surface area contributed by atoms with Gasteiger partial charge in [0.1, 0.15) is 0 Å². The van der Waals surface area contributed by atoms with Gasteiger partial charge < -0.3 is 10.6 Å². The van der Waals surface area contributed by atoms with Crippen molar-refractivity contribution < 1.29 is 13.2 Å². The second-order valence-electron chi connectivity index (χ2n) is 7.83. The smallest absolute Gasteiger partial charge is 0.255 e. The van der Waals surface area contributed by atoms with Crippen molar-refractivity contribution in [2.45, 2.75) is 11.3 Å². The summed E-state index contributed by atoms with van der Waals surface area (Å²) in [5, 5.41) is 6.87. The Labute approximate surface area is 191 Å². The number of thioether (sulfide) groups is 1. The van der Waals surface area contributed by atoms with Gasteiger partial charge >= 0.3 is 0 Å². The highest BCUT2D eigenvalue weighted by Gasteiger charge is 2.42. The first-order valence-electron chi connectivity index (χ1n) is 10.2. The minimum Gasteiger partial charge on any atom is -0.335 e. The number of amides is 1. The van der Waals surface area contributed by atoms with E-state index in [0.29, 0.717) is 5.56 Å². The lowest BCUT2D eigenvalue weighted by Crippen LogP contribution is -2.13. The molecule has 162 valence electrons. The highest BCUT2D eigenvalue weighted by atomic mass is 32.2. The summed E-state index contributed by atoms with van der Waals surface area (Å²) in [4.78, 5) is 17.1. The number of carbonyl (C=O) groups excluding carboxylic acids is 1. The Morgan fingerprint density at radius 3 is 2.19 bits per heavy atom. The van der Waals surface area contributed by atoms with Gasteiger partial charge in [0.05, 0.1) is 17.5 Å². The minimum atomic E-state index is -2.96. The first kappa shape index (κ1) is 20.8. The fourth-order valence-electron chi connectivity index (χ4n) is 3.82. The molecule has 1 fully saturated rings. The van der Waals surface area contributed by atoms with Crippen molar-refractivity contribution in [2.75, 3.05) is 22.1 Å². The quantitative estimate of drug-likeness (QED) is 0.603. The number of hydrogen-bond acceptors (Lipinski definition) is 6. The van der Waals surface area contributed by atoms with Gasteiger partial charge in [0, 0.05) is 22.2 Å². The number of fused-ring (bicyclic) bond motifs is 1. The zero-order valence-electron chi connectivity index (χ0n) is 17.1. The summed E-state index contributed by atoms with van der Waals surface area (Å²) in [6, 6.07) is 24.8. The summed E-state index contributed by atoms with van der Waals surface area (Å²) >= 11 is 1.47. The Kier molecular flexibility index (Phi) is 5.48. The van der Waals surface area contributed by atoms with E-state index in [1.165, 1.54) is 11.8 Å². The normalized spacial score (nSPS) is 20.9. The molecule has 2 atom stereocenters. The molecule has 32 heavy (non-hydrogen) atoms. The molecule has 0 saturated carbocycles. The Balaban J connectivity index is 1.20. The molecule has 2 aliphatic heterocycles. The molecule has 1 amide bonds. The largest absolute Gasteiger partial charge is 0.335 e. The second kappa shape index (κ2) is 8.44. The number of amidine groups is 1. The van der Waals surface area contributed by atoms with Crippen LogP contribution in [-0.2, 0) is 9.84 Å². The molecule has 0 aromatic heterocycles. The minimum absolute atomic E-state index is 0.000769. The molecule has 3 aromatic carbocycles. The molecule has 0 bridgehead atoms. The first-order chi connectivity index (χ1) is 15.4. The monoisotopic (exact) mass is 463 g/mol. The van der Waals surface area contributed by atoms with Gasteiger partial charge in [0.25, 0.3) is 5.91 Å². The van der Waals surface area contributed by atoms with E-state index in [1.54, 1.807) is 12.1 Å². The molecule has 6 nitrogen and oxygen atoms in total. The number of hydrogen-bond donors (Lipinski definition) is 2. The van der Waals surface area contributed by atoms with Crippen LogP contribution in [0.15, 0.2) is 83.9 Å². The third-order valence-electron chi connectivity index (χ3n) is 5.47. The summed E-state index contributed by atoms with van der Waals surface area (Å²) in [5.74, 6) is 0.125. The molecular weight excluding hydrogens is 442 g/mol. The van der Waals surface area contributed by atoms with Gasteiger partial charge in [-0.05, 0) is 47.5 Å². The summed E-state index contributed by atoms with van der Waals surface area (Å²) in [6.07, 6.45) is 0. The van der Waals surface area contributed by atoms with Crippen molar-refractivity contribution >= 4 is 44.0 Å². The van der Waals surface area contributed by atoms with Crippen LogP contribution in [0.4, 0.5) is 11.4 Å². The van der Waals surface area contributed by atoms with Crippen molar-refractivity contribution in [2.24, 2.45) is 4.99 Å². The van der Waals surface area contributed by atoms with E-state index in [-0.39, 0.29) is 28.7 Å². The first-order valence-corrected chi connectivity index (χ1v) is 12.9. The topological polar surface area (TPSA) is 87.6 Å². The van der Waals surface area contributed by atoms with Crippen molar-refractivity contribution in [1.82, 2.24) is 0 Å². The van der Waals surface area contributed by atoms with Crippen LogP contribution in [0.5, 0.6) is 0 Å². The summed E-state index contributed by atoms with van der Waals surface area (Å²) < 4.78 is 23.4. The van der Waals surface area contributed by atoms with E-state index >= 15 is 0 Å². The number of sulfone groups is 1. The van der Waals surface area contributed by atoms with Gasteiger partial charge in [-0.2, -0.15) is 0 Å². The summed E-state index contributed by atoms with van der Waals surface area (Å²) in [7, 11) is -2.96. The molecular formula is C24H21N3O3S2. The number of anilines is 2. The molecule has 2 aliphatic rings. The van der Waals surface area contributed by atoms with E-state index in [2.05, 4.69) is 15.6 Å². The van der Waals surface area contributed by atoms with Crippen LogP contribution >= 0.6 is 11.8 Å². The average molecular weight is 464 g/mol. The molecule has 0 spiro atoms. The van der Waals surface area contributed by atoms with Crippen LogP contribution in [0.3, 0.4) is 0 Å². The number of rotatable bonds is 4. The van der Waals surface area contributed by atoms with Gasteiger partial charge in [0.2, 0.25) is 0 Å². The maximum absolute atomic E-state index is 12.6. The molecule has 0 radical (unpaired) electrons. The standard InChI is InChI=1S/C24H21N3O3S2/c28-23(25-19-10-6-17(7-11-19)16-4-2-1-3-5-16)18-8-12-20(13-9-18)26-24-27-21-14-32(29,30)15-22(21)31-24/h1-13,21-22H,14-15H2,(H,25,28)(H,26,27). The number of nitrogens with one attached hydrogen (secondary N) is 2. The van der Waals surface area contributed by atoms with Crippen molar-refractivity contribution in [3.05, 3.63) is 84.4 Å². The molecule has 8 heteroatoms. The van der Waals surface area contributed by atoms with Crippen LogP contribution in [0.1, 0.15) is 10.4 Å². The molecule has 2 N–H and O–H groups in total. The van der Waals surface area contributed by atoms with Crippen LogP contribution in [0.2, 0.25) is 0 Å². The molecule has 5 rings (SSSR count). The predicted octanol–water partition coefficient (Wildman–Crippen LogP) is 4.29. The average Bonchev–Trinajstić information content (AvgIpc) is 3.28. The van der Waals surface area contributed by atoms with Gasteiger partial charge in [-0.25, -0.2) is 8.42 Å². The van der Waals surface area contributed by atoms with Crippen LogP contribution in [-0.4, -0.2) is 42.3 Å². The zero-order valence-corrected chi connectivity index (χ0v) is 18.7. The van der Waals surface area contributed by atoms with E-state index in [1.807, 2.05) is 66.7 Å². The third kappa shape index (κ3) is 4.56. The van der Waals surface area contributed by atoms with Gasteiger partial charge in [-0.3, -0.25) is 9.79 Å². The fourth-order valence-corrected chi connectivity index (χ4v) is 7.50. The Bertz CT molecular complexity index is 1270. The zero-order chi connectivity index (χ0) is 22.1. The van der Waals surface area contributed by atoms with Crippen molar-refractivity contribution in [1.29, 1.82) is 0 Å². The van der Waals surface area contributed by atoms with E-state index in [9.17, 15) is 13.2 Å². The third-order valence-corrected chi connectivity index (χ3v) is 8.61. The van der Waals surface area contributed by atoms with Crippen molar-refractivity contribution in [3.8, 4) is 11.1 Å². The number of carbonyl (C=O) groups is 1. The number of nitrogens with zero attached hydrogens (tertiary/aromatic N) is 1. The maximum Gasteiger partial charge on any atom is 0.255 e. The second-order valence-corrected chi connectivity index (χ2v) is 11.2. The number of aliphatic imine (C=N–C) groups is 1. The highest BCUT2D eigenvalue weighted by molar-refractivity contribution is 8.15. The van der Waals surface area contributed by atoms with Gasteiger partial charge in [-0.1, -0.05) is 54.2 Å². The van der Waals surface area contributed by atoms with Crippen LogP contribution in [0, 0.1) is 0 Å². The highest BCUT2D eigenvalue weighted by Crippen LogP contribution is 2.34. The SMILES string of the molecule is O=C(Nc1ccc(-c2ccccc2)cc1)c1ccc(NC2=NC3CS(=O)(=O)CC3S2)cc1. The Morgan fingerprint density at radius 2 is 1.50 bits per heavy atom. The molecule has 2 heterocycles. The van der Waals surface area contributed by atoms with E-state index in [4.69, 9.17) is 0 Å².